The van der Waals surface area contributed by atoms with Crippen molar-refractivity contribution >= 4 is 16.8 Å². The number of aliphatic hydroxyl groups is 1. The predicted octanol–water partition coefficient (Wildman–Crippen LogP) is 3.07. The van der Waals surface area contributed by atoms with E-state index in [4.69, 9.17) is 14.2 Å². The zero-order chi connectivity index (χ0) is 24.6. The smallest absolute Gasteiger partial charge is 0.254 e. The van der Waals surface area contributed by atoms with Crippen LogP contribution < -0.4 is 14.2 Å². The Morgan fingerprint density at radius 3 is 2.67 bits per heavy atom. The zero-order valence-electron chi connectivity index (χ0n) is 20.7. The maximum atomic E-state index is 13.5. The van der Waals surface area contributed by atoms with Crippen LogP contribution in [0.15, 0.2) is 36.4 Å². The number of methoxy groups -OCH3 is 1. The number of rotatable bonds is 5. The van der Waals surface area contributed by atoms with Crippen molar-refractivity contribution in [1.82, 2.24) is 14.4 Å². The van der Waals surface area contributed by atoms with Crippen molar-refractivity contribution in [2.75, 3.05) is 46.7 Å². The lowest BCUT2D eigenvalue weighted by molar-refractivity contribution is -0.00223. The Morgan fingerprint density at radius 2 is 1.92 bits per heavy atom. The van der Waals surface area contributed by atoms with E-state index < -0.39 is 0 Å². The fourth-order valence-electron chi connectivity index (χ4n) is 6.59. The third kappa shape index (κ3) is 3.17. The molecule has 8 heteroatoms. The second-order valence-corrected chi connectivity index (χ2v) is 10.8. The molecule has 1 N–H and O–H groups in total. The fourth-order valence-corrected chi connectivity index (χ4v) is 6.59. The number of ether oxygens (including phenoxy) is 3. The van der Waals surface area contributed by atoms with Crippen LogP contribution in [-0.2, 0) is 12.5 Å². The molecular weight excluding hydrogens is 458 g/mol. The highest BCUT2D eigenvalue weighted by molar-refractivity contribution is 5.96. The van der Waals surface area contributed by atoms with Gasteiger partial charge in [-0.05, 0) is 54.7 Å². The van der Waals surface area contributed by atoms with E-state index in [0.717, 1.165) is 24.4 Å². The van der Waals surface area contributed by atoms with Crippen LogP contribution in [0.25, 0.3) is 10.9 Å². The first-order chi connectivity index (χ1) is 17.5. The Labute approximate surface area is 209 Å². The number of likely N-dealkylation sites (tertiary alicyclic amines) is 1. The minimum Gasteiger partial charge on any atom is -0.497 e. The summed E-state index contributed by atoms with van der Waals surface area (Å²) in [6, 6.07) is 11.6. The van der Waals surface area contributed by atoms with E-state index in [1.165, 1.54) is 29.5 Å². The van der Waals surface area contributed by atoms with E-state index in [2.05, 4.69) is 28.6 Å². The van der Waals surface area contributed by atoms with Gasteiger partial charge in [0.2, 0.25) is 6.79 Å². The van der Waals surface area contributed by atoms with E-state index in [0.29, 0.717) is 36.1 Å². The highest BCUT2D eigenvalue weighted by Crippen LogP contribution is 2.51. The summed E-state index contributed by atoms with van der Waals surface area (Å²) in [5.74, 6) is 2.85. The van der Waals surface area contributed by atoms with E-state index in [1.54, 1.807) is 13.2 Å². The van der Waals surface area contributed by atoms with Crippen LogP contribution in [0.2, 0.25) is 0 Å². The summed E-state index contributed by atoms with van der Waals surface area (Å²) in [5, 5.41) is 11.7. The van der Waals surface area contributed by atoms with E-state index in [9.17, 15) is 9.90 Å². The first-order valence-electron chi connectivity index (χ1n) is 12.7. The van der Waals surface area contributed by atoms with Gasteiger partial charge in [0, 0.05) is 61.4 Å². The fraction of sp³-hybridized carbons (Fsp3) is 0.464. The highest BCUT2D eigenvalue weighted by atomic mass is 16.7. The van der Waals surface area contributed by atoms with Gasteiger partial charge in [-0.1, -0.05) is 0 Å². The lowest BCUT2D eigenvalue weighted by Gasteiger charge is -2.56. The maximum absolute atomic E-state index is 13.5. The predicted molar refractivity (Wildman–Crippen MR) is 134 cm³/mol. The van der Waals surface area contributed by atoms with Crippen molar-refractivity contribution in [3.63, 3.8) is 0 Å². The highest BCUT2D eigenvalue weighted by Gasteiger charge is 2.55. The van der Waals surface area contributed by atoms with Crippen molar-refractivity contribution in [1.29, 1.82) is 0 Å². The molecule has 0 bridgehead atoms. The van der Waals surface area contributed by atoms with E-state index in [1.807, 2.05) is 23.1 Å². The largest absolute Gasteiger partial charge is 0.497 e. The van der Waals surface area contributed by atoms with Gasteiger partial charge in [-0.2, -0.15) is 0 Å². The molecule has 1 aliphatic carbocycles. The number of carbonyl (C=O) groups is 1. The third-order valence-corrected chi connectivity index (χ3v) is 8.50. The standard InChI is InChI=1S/C28H31N3O5/c1-29-21-10-19(34-2)6-7-20(21)25-26(29)22(12-32)30(11-17-3-4-17)13-28(25)14-31(15-28)27(33)18-5-8-23-24(9-18)36-16-35-23/h5-10,17,22,32H,3-4,11-16H2,1-2H3/t22-/m0/s1. The number of hydrogen-bond acceptors (Lipinski definition) is 6. The molecule has 2 fully saturated rings. The molecule has 0 radical (unpaired) electrons. The molecule has 1 atom stereocenters. The second-order valence-electron chi connectivity index (χ2n) is 10.8. The molecule has 0 unspecified atom stereocenters. The molecule has 4 aliphatic rings. The number of benzene rings is 2. The summed E-state index contributed by atoms with van der Waals surface area (Å²) in [5.41, 5.74) is 4.00. The lowest BCUT2D eigenvalue weighted by atomic mass is 9.68. The van der Waals surface area contributed by atoms with Crippen LogP contribution >= 0.6 is 0 Å². The lowest BCUT2D eigenvalue weighted by Crippen LogP contribution is -2.67. The number of nitrogens with zero attached hydrogens (tertiary/aromatic N) is 3. The molecule has 8 nitrogen and oxygen atoms in total. The van der Waals surface area contributed by atoms with Gasteiger partial charge in [0.1, 0.15) is 5.75 Å². The molecule has 1 saturated carbocycles. The first kappa shape index (κ1) is 22.0. The average Bonchev–Trinajstić information content (AvgIpc) is 3.48. The summed E-state index contributed by atoms with van der Waals surface area (Å²) in [6.07, 6.45) is 2.52. The molecule has 1 amide bonds. The Balaban J connectivity index is 1.28. The van der Waals surface area contributed by atoms with Gasteiger partial charge >= 0.3 is 0 Å². The van der Waals surface area contributed by atoms with Crippen molar-refractivity contribution in [3.8, 4) is 17.2 Å². The van der Waals surface area contributed by atoms with Gasteiger partial charge in [-0.3, -0.25) is 9.69 Å². The number of aryl methyl sites for hydroxylation is 1. The molecule has 36 heavy (non-hydrogen) atoms. The molecule has 1 spiro atoms. The van der Waals surface area contributed by atoms with Crippen molar-refractivity contribution < 1.29 is 24.1 Å². The topological polar surface area (TPSA) is 76.4 Å². The second kappa shape index (κ2) is 7.88. The minimum absolute atomic E-state index is 0.0143. The number of amides is 1. The number of carbonyl (C=O) groups excluding carboxylic acids is 1. The van der Waals surface area contributed by atoms with Crippen molar-refractivity contribution in [2.45, 2.75) is 24.3 Å². The summed E-state index contributed by atoms with van der Waals surface area (Å²) in [4.78, 5) is 17.9. The summed E-state index contributed by atoms with van der Waals surface area (Å²) >= 11 is 0. The van der Waals surface area contributed by atoms with Crippen LogP contribution in [0.4, 0.5) is 0 Å². The summed E-state index contributed by atoms with van der Waals surface area (Å²) in [6.45, 7) is 3.41. The summed E-state index contributed by atoms with van der Waals surface area (Å²) in [7, 11) is 3.77. The van der Waals surface area contributed by atoms with Gasteiger partial charge in [-0.15, -0.1) is 0 Å². The molecule has 4 heterocycles. The first-order valence-corrected chi connectivity index (χ1v) is 12.7. The van der Waals surface area contributed by atoms with Crippen LogP contribution in [0.5, 0.6) is 17.2 Å². The number of fused-ring (bicyclic) bond motifs is 5. The zero-order valence-corrected chi connectivity index (χ0v) is 20.7. The van der Waals surface area contributed by atoms with E-state index in [-0.39, 0.29) is 30.8 Å². The SMILES string of the molecule is COc1ccc2c3c(n(C)c2c1)[C@H](CO)N(CC1CC1)CC31CN(C(=O)c2ccc3c(c2)OCO3)C1. The molecule has 2 aromatic carbocycles. The van der Waals surface area contributed by atoms with Gasteiger partial charge in [0.05, 0.1) is 25.3 Å². The monoisotopic (exact) mass is 489 g/mol. The van der Waals surface area contributed by atoms with Crippen molar-refractivity contribution in [2.24, 2.45) is 13.0 Å². The molecule has 7 rings (SSSR count). The molecule has 3 aromatic rings. The van der Waals surface area contributed by atoms with Crippen LogP contribution in [-0.4, -0.2) is 72.1 Å². The molecule has 3 aliphatic heterocycles. The quantitative estimate of drug-likeness (QED) is 0.594. The third-order valence-electron chi connectivity index (χ3n) is 8.50. The van der Waals surface area contributed by atoms with Crippen molar-refractivity contribution in [3.05, 3.63) is 53.2 Å². The van der Waals surface area contributed by atoms with Gasteiger partial charge in [0.15, 0.2) is 11.5 Å². The molecule has 188 valence electrons. The Kier molecular flexibility index (Phi) is 4.82. The normalized spacial score (nSPS) is 22.1. The Bertz CT molecular complexity index is 1370. The molecule has 1 aromatic heterocycles. The Morgan fingerprint density at radius 1 is 1.11 bits per heavy atom. The molecule has 1 saturated heterocycles. The van der Waals surface area contributed by atoms with Crippen LogP contribution in [0.3, 0.4) is 0 Å². The number of aliphatic hydroxyl groups excluding tert-OH is 1. The van der Waals surface area contributed by atoms with E-state index >= 15 is 0 Å². The van der Waals surface area contributed by atoms with Crippen LogP contribution in [0.1, 0.15) is 40.5 Å². The van der Waals surface area contributed by atoms with Gasteiger partial charge in [0.25, 0.3) is 5.91 Å². The number of hydrogen-bond donors (Lipinski definition) is 1. The maximum Gasteiger partial charge on any atom is 0.254 e. The molecular formula is C28H31N3O5. The number of aromatic nitrogens is 1. The average molecular weight is 490 g/mol. The minimum atomic E-state index is -0.171. The van der Waals surface area contributed by atoms with Gasteiger partial charge < -0.3 is 28.8 Å². The Hall–Kier alpha value is -3.23. The van der Waals surface area contributed by atoms with Gasteiger partial charge in [-0.25, -0.2) is 0 Å². The van der Waals surface area contributed by atoms with Crippen LogP contribution in [0, 0.1) is 5.92 Å². The summed E-state index contributed by atoms with van der Waals surface area (Å²) < 4.78 is 18.7.